The zero-order valence-electron chi connectivity index (χ0n) is 16.6. The Kier molecular flexibility index (Phi) is 5.79. The first kappa shape index (κ1) is 19.4. The Morgan fingerprint density at radius 3 is 2.34 bits per heavy atom. The second-order valence-corrected chi connectivity index (χ2v) is 8.09. The highest BCUT2D eigenvalue weighted by Gasteiger charge is 2.42. The molecule has 0 radical (unpaired) electrons. The van der Waals surface area contributed by atoms with E-state index >= 15 is 0 Å². The van der Waals surface area contributed by atoms with Crippen molar-refractivity contribution >= 4 is 11.8 Å². The van der Waals surface area contributed by atoms with E-state index in [2.05, 4.69) is 4.98 Å². The average molecular weight is 393 g/mol. The highest BCUT2D eigenvalue weighted by Crippen LogP contribution is 2.40. The first-order valence-electron chi connectivity index (χ1n) is 10.3. The number of hydrogen-bond acceptors (Lipinski definition) is 4. The van der Waals surface area contributed by atoms with Crippen LogP contribution >= 0.6 is 0 Å². The summed E-state index contributed by atoms with van der Waals surface area (Å²) in [6.45, 7) is 3.16. The summed E-state index contributed by atoms with van der Waals surface area (Å²) in [4.78, 5) is 33.1. The molecule has 2 fully saturated rings. The summed E-state index contributed by atoms with van der Waals surface area (Å²) in [5.41, 5.74) is 1.10. The van der Waals surface area contributed by atoms with Crippen molar-refractivity contribution in [2.75, 3.05) is 32.8 Å². The van der Waals surface area contributed by atoms with Gasteiger partial charge in [-0.05, 0) is 48.4 Å². The maximum absolute atomic E-state index is 12.6. The molecule has 6 nitrogen and oxygen atoms in total. The van der Waals surface area contributed by atoms with Crippen molar-refractivity contribution in [3.8, 4) is 5.75 Å². The van der Waals surface area contributed by atoms with E-state index in [9.17, 15) is 9.59 Å². The molecule has 1 aromatic carbocycles. The number of benzene rings is 1. The van der Waals surface area contributed by atoms with Crippen LogP contribution in [-0.2, 0) is 16.0 Å². The fourth-order valence-corrected chi connectivity index (χ4v) is 4.33. The summed E-state index contributed by atoms with van der Waals surface area (Å²) in [5.74, 6) is 0.922. The lowest BCUT2D eigenvalue weighted by Crippen LogP contribution is -2.45. The van der Waals surface area contributed by atoms with E-state index in [1.807, 2.05) is 52.3 Å². The third-order valence-electron chi connectivity index (χ3n) is 6.15. The molecule has 2 amide bonds. The molecule has 0 unspecified atom stereocenters. The average Bonchev–Trinajstić information content (AvgIpc) is 3.17. The Hall–Kier alpha value is -2.89. The van der Waals surface area contributed by atoms with Crippen LogP contribution in [-0.4, -0.2) is 59.4 Å². The van der Waals surface area contributed by atoms with Crippen LogP contribution in [0.3, 0.4) is 0 Å². The lowest BCUT2D eigenvalue weighted by Gasteiger charge is -2.39. The lowest BCUT2D eigenvalue weighted by atomic mass is 9.77. The smallest absolute Gasteiger partial charge is 0.260 e. The van der Waals surface area contributed by atoms with E-state index in [4.69, 9.17) is 4.74 Å². The number of ether oxygens (including phenoxy) is 1. The third-order valence-corrected chi connectivity index (χ3v) is 6.15. The molecule has 1 aromatic heterocycles. The number of para-hydroxylation sites is 1. The number of carbonyl (C=O) groups is 2. The summed E-state index contributed by atoms with van der Waals surface area (Å²) in [7, 11) is 0. The van der Waals surface area contributed by atoms with Gasteiger partial charge in [0.15, 0.2) is 6.61 Å². The Morgan fingerprint density at radius 2 is 1.66 bits per heavy atom. The molecule has 2 aromatic rings. The van der Waals surface area contributed by atoms with Crippen molar-refractivity contribution in [2.45, 2.75) is 25.7 Å². The van der Waals surface area contributed by atoms with Crippen molar-refractivity contribution in [2.24, 2.45) is 5.41 Å². The van der Waals surface area contributed by atoms with Gasteiger partial charge < -0.3 is 14.5 Å². The molecule has 4 rings (SSSR count). The summed E-state index contributed by atoms with van der Waals surface area (Å²) < 4.78 is 5.61. The molecule has 2 saturated heterocycles. The van der Waals surface area contributed by atoms with Gasteiger partial charge in [0.25, 0.3) is 5.91 Å². The van der Waals surface area contributed by atoms with Gasteiger partial charge in [0, 0.05) is 38.6 Å². The number of rotatable bonds is 5. The van der Waals surface area contributed by atoms with Gasteiger partial charge in [-0.3, -0.25) is 14.6 Å². The number of aromatic nitrogens is 1. The zero-order valence-corrected chi connectivity index (χ0v) is 16.6. The van der Waals surface area contributed by atoms with Gasteiger partial charge in [0.05, 0.1) is 6.42 Å². The SMILES string of the molecule is O=C(Cc1cccnc1)N1CCC2(CC1)CCN(C(=O)COc1ccccc1)C2. The second-order valence-electron chi connectivity index (χ2n) is 8.09. The Balaban J connectivity index is 1.25. The molecule has 6 heteroatoms. The van der Waals surface area contributed by atoms with Gasteiger partial charge in [-0.25, -0.2) is 0 Å². The number of piperidine rings is 1. The summed E-state index contributed by atoms with van der Waals surface area (Å²) in [5, 5.41) is 0. The van der Waals surface area contributed by atoms with Crippen LogP contribution in [0.1, 0.15) is 24.8 Å². The lowest BCUT2D eigenvalue weighted by molar-refractivity contribution is -0.135. The first-order valence-corrected chi connectivity index (χ1v) is 10.3. The fourth-order valence-electron chi connectivity index (χ4n) is 4.33. The number of nitrogens with zero attached hydrogens (tertiary/aromatic N) is 3. The first-order chi connectivity index (χ1) is 14.1. The highest BCUT2D eigenvalue weighted by molar-refractivity contribution is 5.79. The van der Waals surface area contributed by atoms with Crippen LogP contribution < -0.4 is 4.74 Å². The molecule has 0 aliphatic carbocycles. The van der Waals surface area contributed by atoms with Gasteiger partial charge >= 0.3 is 0 Å². The van der Waals surface area contributed by atoms with E-state index in [1.165, 1.54) is 0 Å². The Bertz CT molecular complexity index is 833. The van der Waals surface area contributed by atoms with Crippen molar-refractivity contribution < 1.29 is 14.3 Å². The minimum absolute atomic E-state index is 0.0424. The molecule has 0 bridgehead atoms. The molecule has 0 N–H and O–H groups in total. The Morgan fingerprint density at radius 1 is 0.931 bits per heavy atom. The van der Waals surface area contributed by atoms with Gasteiger partial charge in [-0.15, -0.1) is 0 Å². The zero-order chi connectivity index (χ0) is 20.1. The molecule has 2 aliphatic heterocycles. The van der Waals surface area contributed by atoms with Crippen LogP contribution in [0.25, 0.3) is 0 Å². The topological polar surface area (TPSA) is 62.7 Å². The third kappa shape index (κ3) is 4.75. The normalized spacial score (nSPS) is 18.1. The number of pyridine rings is 1. The number of carbonyl (C=O) groups excluding carboxylic acids is 2. The molecule has 2 aliphatic rings. The van der Waals surface area contributed by atoms with Crippen LogP contribution in [0.2, 0.25) is 0 Å². The van der Waals surface area contributed by atoms with Crippen LogP contribution in [0, 0.1) is 5.41 Å². The predicted octanol–water partition coefficient (Wildman–Crippen LogP) is 2.54. The molecular formula is C23H27N3O3. The van der Waals surface area contributed by atoms with Gasteiger partial charge in [0.2, 0.25) is 5.91 Å². The highest BCUT2D eigenvalue weighted by atomic mass is 16.5. The van der Waals surface area contributed by atoms with E-state index in [-0.39, 0.29) is 23.8 Å². The maximum Gasteiger partial charge on any atom is 0.260 e. The van der Waals surface area contributed by atoms with E-state index in [0.29, 0.717) is 6.42 Å². The maximum atomic E-state index is 12.6. The minimum atomic E-state index is 0.0424. The minimum Gasteiger partial charge on any atom is -0.484 e. The second kappa shape index (κ2) is 8.64. The Labute approximate surface area is 171 Å². The molecule has 3 heterocycles. The van der Waals surface area contributed by atoms with E-state index < -0.39 is 0 Å². The summed E-state index contributed by atoms with van der Waals surface area (Å²) in [6.07, 6.45) is 6.79. The number of amides is 2. The largest absolute Gasteiger partial charge is 0.484 e. The quantitative estimate of drug-likeness (QED) is 0.783. The fraction of sp³-hybridized carbons (Fsp3) is 0.435. The molecule has 0 saturated carbocycles. The summed E-state index contributed by atoms with van der Waals surface area (Å²) in [6, 6.07) is 13.2. The van der Waals surface area contributed by atoms with Gasteiger partial charge in [-0.1, -0.05) is 24.3 Å². The summed E-state index contributed by atoms with van der Waals surface area (Å²) >= 11 is 0. The van der Waals surface area contributed by atoms with E-state index in [1.54, 1.807) is 12.4 Å². The van der Waals surface area contributed by atoms with Crippen molar-refractivity contribution in [1.82, 2.24) is 14.8 Å². The van der Waals surface area contributed by atoms with Crippen LogP contribution in [0.15, 0.2) is 54.9 Å². The number of hydrogen-bond donors (Lipinski definition) is 0. The monoisotopic (exact) mass is 393 g/mol. The molecule has 1 spiro atoms. The molecule has 29 heavy (non-hydrogen) atoms. The van der Waals surface area contributed by atoms with E-state index in [0.717, 1.165) is 56.8 Å². The van der Waals surface area contributed by atoms with Crippen LogP contribution in [0.5, 0.6) is 5.75 Å². The van der Waals surface area contributed by atoms with Crippen LogP contribution in [0.4, 0.5) is 0 Å². The van der Waals surface area contributed by atoms with Crippen molar-refractivity contribution in [3.05, 3.63) is 60.4 Å². The van der Waals surface area contributed by atoms with Crippen molar-refractivity contribution in [1.29, 1.82) is 0 Å². The standard InChI is InChI=1S/C23H27N3O3/c27-21(15-19-5-4-11-24-16-19)25-12-8-23(9-13-25)10-14-26(18-23)22(28)17-29-20-6-2-1-3-7-20/h1-7,11,16H,8-10,12-15,17-18H2. The van der Waals surface area contributed by atoms with Gasteiger partial charge in [0.1, 0.15) is 5.75 Å². The molecular weight excluding hydrogens is 366 g/mol. The predicted molar refractivity (Wildman–Crippen MR) is 109 cm³/mol. The molecule has 0 atom stereocenters. The van der Waals surface area contributed by atoms with Gasteiger partial charge in [-0.2, -0.15) is 0 Å². The number of likely N-dealkylation sites (tertiary alicyclic amines) is 2. The molecule has 152 valence electrons. The van der Waals surface area contributed by atoms with Crippen molar-refractivity contribution in [3.63, 3.8) is 0 Å².